The van der Waals surface area contributed by atoms with E-state index in [0.29, 0.717) is 17.4 Å². The summed E-state index contributed by atoms with van der Waals surface area (Å²) in [6, 6.07) is 24.7. The van der Waals surface area contributed by atoms with Gasteiger partial charge in [0.25, 0.3) is 5.91 Å². The first-order valence-corrected chi connectivity index (χ1v) is 9.48. The standard InChI is InChI=1S/C24H24N2O3/c1-18(2)20-11-13-21(14-12-20)28-17-24(27)26-25-16-19-7-6-10-23(15-19)29-22-8-4-3-5-9-22/h3-16,18H,17H2,1-2H3,(H,26,27)/b25-16+. The van der Waals surface area contributed by atoms with E-state index < -0.39 is 0 Å². The molecule has 3 aromatic rings. The van der Waals surface area contributed by atoms with Crippen molar-refractivity contribution < 1.29 is 14.3 Å². The van der Waals surface area contributed by atoms with E-state index in [4.69, 9.17) is 9.47 Å². The summed E-state index contributed by atoms with van der Waals surface area (Å²) < 4.78 is 11.3. The van der Waals surface area contributed by atoms with Crippen LogP contribution in [0, 0.1) is 0 Å². The van der Waals surface area contributed by atoms with Gasteiger partial charge in [-0.05, 0) is 53.4 Å². The van der Waals surface area contributed by atoms with Crippen molar-refractivity contribution in [1.29, 1.82) is 0 Å². The van der Waals surface area contributed by atoms with E-state index >= 15 is 0 Å². The number of para-hydroxylation sites is 1. The number of nitrogens with zero attached hydrogens (tertiary/aromatic N) is 1. The first-order valence-electron chi connectivity index (χ1n) is 9.48. The molecule has 0 bridgehead atoms. The molecular formula is C24H24N2O3. The predicted molar refractivity (Wildman–Crippen MR) is 115 cm³/mol. The van der Waals surface area contributed by atoms with Crippen LogP contribution >= 0.6 is 0 Å². The molecule has 0 aliphatic carbocycles. The molecule has 0 fully saturated rings. The van der Waals surface area contributed by atoms with Crippen molar-refractivity contribution in [3.05, 3.63) is 90.0 Å². The lowest BCUT2D eigenvalue weighted by Crippen LogP contribution is -2.24. The quantitative estimate of drug-likeness (QED) is 0.430. The van der Waals surface area contributed by atoms with Gasteiger partial charge >= 0.3 is 0 Å². The molecule has 0 atom stereocenters. The Morgan fingerprint density at radius 2 is 1.66 bits per heavy atom. The number of benzene rings is 3. The largest absolute Gasteiger partial charge is 0.484 e. The first kappa shape index (κ1) is 20.1. The fourth-order valence-corrected chi connectivity index (χ4v) is 2.59. The number of carbonyl (C=O) groups is 1. The Kier molecular flexibility index (Phi) is 7.00. The van der Waals surface area contributed by atoms with Gasteiger partial charge in [0.1, 0.15) is 17.2 Å². The first-order chi connectivity index (χ1) is 14.1. The number of nitrogens with one attached hydrogen (secondary N) is 1. The number of hydrogen-bond donors (Lipinski definition) is 1. The van der Waals surface area contributed by atoms with Gasteiger partial charge in [0.2, 0.25) is 0 Å². The normalized spacial score (nSPS) is 10.9. The van der Waals surface area contributed by atoms with Gasteiger partial charge < -0.3 is 9.47 Å². The van der Waals surface area contributed by atoms with Gasteiger partial charge in [0.15, 0.2) is 6.61 Å². The van der Waals surface area contributed by atoms with Crippen molar-refractivity contribution in [3.63, 3.8) is 0 Å². The number of ether oxygens (including phenoxy) is 2. The van der Waals surface area contributed by atoms with Gasteiger partial charge in [-0.3, -0.25) is 4.79 Å². The Balaban J connectivity index is 1.47. The summed E-state index contributed by atoms with van der Waals surface area (Å²) in [4.78, 5) is 11.9. The van der Waals surface area contributed by atoms with E-state index in [0.717, 1.165) is 11.3 Å². The Labute approximate surface area is 171 Å². The summed E-state index contributed by atoms with van der Waals surface area (Å²) in [5.41, 5.74) is 4.50. The molecule has 0 spiro atoms. The minimum atomic E-state index is -0.328. The van der Waals surface area contributed by atoms with Gasteiger partial charge in [0, 0.05) is 0 Å². The number of rotatable bonds is 8. The molecule has 29 heavy (non-hydrogen) atoms. The van der Waals surface area contributed by atoms with E-state index in [2.05, 4.69) is 24.4 Å². The molecule has 0 radical (unpaired) electrons. The Morgan fingerprint density at radius 3 is 2.38 bits per heavy atom. The molecule has 148 valence electrons. The third-order valence-electron chi connectivity index (χ3n) is 4.16. The molecule has 5 heteroatoms. The number of hydrazone groups is 1. The zero-order chi connectivity index (χ0) is 20.5. The Hall–Kier alpha value is -3.60. The third kappa shape index (κ3) is 6.50. The van der Waals surface area contributed by atoms with Crippen molar-refractivity contribution in [1.82, 2.24) is 5.43 Å². The van der Waals surface area contributed by atoms with Gasteiger partial charge in [-0.2, -0.15) is 5.10 Å². The van der Waals surface area contributed by atoms with E-state index in [1.54, 1.807) is 6.21 Å². The van der Waals surface area contributed by atoms with Crippen molar-refractivity contribution in [2.45, 2.75) is 19.8 Å². The van der Waals surface area contributed by atoms with Gasteiger partial charge in [-0.1, -0.05) is 56.3 Å². The molecule has 3 rings (SSSR count). The van der Waals surface area contributed by atoms with Crippen LogP contribution in [-0.4, -0.2) is 18.7 Å². The molecule has 1 amide bonds. The van der Waals surface area contributed by atoms with Crippen LogP contribution in [0.4, 0.5) is 0 Å². The topological polar surface area (TPSA) is 59.9 Å². The zero-order valence-electron chi connectivity index (χ0n) is 16.5. The summed E-state index contributed by atoms with van der Waals surface area (Å²) in [6.45, 7) is 4.16. The second-order valence-electron chi connectivity index (χ2n) is 6.79. The molecule has 5 nitrogen and oxygen atoms in total. The summed E-state index contributed by atoms with van der Waals surface area (Å²) in [5, 5.41) is 3.98. The molecule has 0 aliphatic heterocycles. The smallest absolute Gasteiger partial charge is 0.277 e. The van der Waals surface area contributed by atoms with Crippen LogP contribution in [-0.2, 0) is 4.79 Å². The maximum absolute atomic E-state index is 11.9. The molecule has 1 N–H and O–H groups in total. The van der Waals surface area contributed by atoms with Crippen molar-refractivity contribution >= 4 is 12.1 Å². The van der Waals surface area contributed by atoms with Crippen LogP contribution in [0.5, 0.6) is 17.2 Å². The third-order valence-corrected chi connectivity index (χ3v) is 4.16. The lowest BCUT2D eigenvalue weighted by molar-refractivity contribution is -0.123. The summed E-state index contributed by atoms with van der Waals surface area (Å²) >= 11 is 0. The molecule has 0 unspecified atom stereocenters. The molecule has 0 saturated carbocycles. The van der Waals surface area contributed by atoms with Crippen LogP contribution < -0.4 is 14.9 Å². The average molecular weight is 388 g/mol. The zero-order valence-corrected chi connectivity index (χ0v) is 16.5. The SMILES string of the molecule is CC(C)c1ccc(OCC(=O)N/N=C/c2cccc(Oc3ccccc3)c2)cc1. The van der Waals surface area contributed by atoms with Gasteiger partial charge in [-0.15, -0.1) is 0 Å². The highest BCUT2D eigenvalue weighted by Crippen LogP contribution is 2.21. The molecule has 3 aromatic carbocycles. The summed E-state index contributed by atoms with van der Waals surface area (Å²) in [7, 11) is 0. The van der Waals surface area contributed by atoms with E-state index in [9.17, 15) is 4.79 Å². The number of hydrogen-bond acceptors (Lipinski definition) is 4. The fourth-order valence-electron chi connectivity index (χ4n) is 2.59. The lowest BCUT2D eigenvalue weighted by Gasteiger charge is -2.08. The van der Waals surface area contributed by atoms with Crippen molar-refractivity contribution in [3.8, 4) is 17.2 Å². The van der Waals surface area contributed by atoms with Gasteiger partial charge in [-0.25, -0.2) is 5.43 Å². The minimum absolute atomic E-state index is 0.102. The predicted octanol–water partition coefficient (Wildman–Crippen LogP) is 5.13. The maximum Gasteiger partial charge on any atom is 0.277 e. The second kappa shape index (κ2) is 10.1. The minimum Gasteiger partial charge on any atom is -0.484 e. The highest BCUT2D eigenvalue weighted by Gasteiger charge is 2.03. The number of amides is 1. The summed E-state index contributed by atoms with van der Waals surface area (Å²) in [6.07, 6.45) is 1.56. The maximum atomic E-state index is 11.9. The van der Waals surface area contributed by atoms with Crippen LogP contribution in [0.3, 0.4) is 0 Å². The van der Waals surface area contributed by atoms with E-state index in [-0.39, 0.29) is 12.5 Å². The van der Waals surface area contributed by atoms with Crippen molar-refractivity contribution in [2.75, 3.05) is 6.61 Å². The molecular weight excluding hydrogens is 364 g/mol. The molecule has 0 aliphatic rings. The second-order valence-corrected chi connectivity index (χ2v) is 6.79. The van der Waals surface area contributed by atoms with Crippen LogP contribution in [0.15, 0.2) is 84.0 Å². The lowest BCUT2D eigenvalue weighted by atomic mass is 10.0. The molecule has 0 saturated heterocycles. The Morgan fingerprint density at radius 1 is 0.931 bits per heavy atom. The van der Waals surface area contributed by atoms with E-state index in [1.165, 1.54) is 5.56 Å². The molecule has 0 heterocycles. The average Bonchev–Trinajstić information content (AvgIpc) is 2.73. The van der Waals surface area contributed by atoms with Gasteiger partial charge in [0.05, 0.1) is 6.21 Å². The van der Waals surface area contributed by atoms with E-state index in [1.807, 2.05) is 78.9 Å². The fraction of sp³-hybridized carbons (Fsp3) is 0.167. The monoisotopic (exact) mass is 388 g/mol. The summed E-state index contributed by atoms with van der Waals surface area (Å²) in [5.74, 6) is 2.23. The van der Waals surface area contributed by atoms with Crippen LogP contribution in [0.25, 0.3) is 0 Å². The number of carbonyl (C=O) groups excluding carboxylic acids is 1. The highest BCUT2D eigenvalue weighted by molar-refractivity contribution is 5.83. The van der Waals surface area contributed by atoms with Crippen LogP contribution in [0.2, 0.25) is 0 Å². The molecule has 0 aromatic heterocycles. The highest BCUT2D eigenvalue weighted by atomic mass is 16.5. The Bertz CT molecular complexity index is 951. The van der Waals surface area contributed by atoms with Crippen LogP contribution in [0.1, 0.15) is 30.9 Å². The van der Waals surface area contributed by atoms with Crippen molar-refractivity contribution in [2.24, 2.45) is 5.10 Å².